The summed E-state index contributed by atoms with van der Waals surface area (Å²) < 4.78 is 5.73. The normalized spacial score (nSPS) is 17.6. The molecule has 0 saturated carbocycles. The van der Waals surface area contributed by atoms with Crippen LogP contribution in [0, 0.1) is 13.8 Å². The number of rotatable bonds is 6. The number of anilines is 1. The van der Waals surface area contributed by atoms with Gasteiger partial charge in [0.15, 0.2) is 0 Å². The van der Waals surface area contributed by atoms with Gasteiger partial charge in [-0.1, -0.05) is 30.7 Å². The summed E-state index contributed by atoms with van der Waals surface area (Å²) in [6.45, 7) is 6.36. The van der Waals surface area contributed by atoms with Gasteiger partial charge in [-0.3, -0.25) is 14.5 Å². The number of aliphatic hydroxyl groups is 1. The van der Waals surface area contributed by atoms with Gasteiger partial charge in [-0.25, -0.2) is 0 Å². The van der Waals surface area contributed by atoms with Crippen LogP contribution >= 0.6 is 22.9 Å². The maximum absolute atomic E-state index is 13.2. The Balaban J connectivity index is 1.87. The Labute approximate surface area is 201 Å². The molecule has 3 aromatic rings. The predicted octanol–water partition coefficient (Wildman–Crippen LogP) is 6.43. The van der Waals surface area contributed by atoms with Crippen LogP contribution < -0.4 is 9.64 Å². The minimum atomic E-state index is -0.751. The molecule has 1 atom stereocenters. The third-order valence-corrected chi connectivity index (χ3v) is 6.76. The lowest BCUT2D eigenvalue weighted by Crippen LogP contribution is -2.29. The average Bonchev–Trinajstić information content (AvgIpc) is 3.41. The van der Waals surface area contributed by atoms with Gasteiger partial charge in [0.05, 0.1) is 12.2 Å². The Bertz CT molecular complexity index is 1250. The molecule has 33 heavy (non-hydrogen) atoms. The van der Waals surface area contributed by atoms with Gasteiger partial charge in [0, 0.05) is 21.2 Å². The van der Waals surface area contributed by atoms with Crippen LogP contribution in [0.2, 0.25) is 5.02 Å². The number of ether oxygens (including phenoxy) is 1. The molecule has 1 N–H and O–H groups in total. The first-order chi connectivity index (χ1) is 15.8. The highest BCUT2D eigenvalue weighted by Gasteiger charge is 2.47. The Morgan fingerprint density at radius 2 is 1.91 bits per heavy atom. The first-order valence-corrected chi connectivity index (χ1v) is 11.9. The number of benzene rings is 2. The molecule has 1 unspecified atom stereocenters. The molecule has 1 aromatic heterocycles. The molecule has 0 radical (unpaired) electrons. The van der Waals surface area contributed by atoms with Crippen molar-refractivity contribution >= 4 is 46.1 Å². The Hall–Kier alpha value is -3.09. The molecule has 1 fully saturated rings. The Morgan fingerprint density at radius 1 is 1.12 bits per heavy atom. The fourth-order valence-electron chi connectivity index (χ4n) is 3.97. The number of carbonyl (C=O) groups excluding carboxylic acids is 2. The van der Waals surface area contributed by atoms with Crippen LogP contribution in [0.3, 0.4) is 0 Å². The first-order valence-electron chi connectivity index (χ1n) is 10.7. The fraction of sp³-hybridized carbons (Fsp3) is 0.231. The van der Waals surface area contributed by atoms with Crippen molar-refractivity contribution in [3.05, 3.63) is 86.1 Å². The highest BCUT2D eigenvalue weighted by atomic mass is 35.5. The van der Waals surface area contributed by atoms with E-state index in [0.29, 0.717) is 22.9 Å². The maximum atomic E-state index is 13.2. The van der Waals surface area contributed by atoms with Gasteiger partial charge in [0.2, 0.25) is 0 Å². The van der Waals surface area contributed by atoms with E-state index in [4.69, 9.17) is 16.3 Å². The summed E-state index contributed by atoms with van der Waals surface area (Å²) in [5.74, 6) is -0.911. The molecule has 1 aliphatic rings. The highest BCUT2D eigenvalue weighted by molar-refractivity contribution is 7.10. The monoisotopic (exact) mass is 481 g/mol. The summed E-state index contributed by atoms with van der Waals surface area (Å²) >= 11 is 7.64. The van der Waals surface area contributed by atoms with E-state index in [1.54, 1.807) is 36.4 Å². The summed E-state index contributed by atoms with van der Waals surface area (Å²) in [7, 11) is 0. The molecule has 0 spiro atoms. The summed E-state index contributed by atoms with van der Waals surface area (Å²) in [4.78, 5) is 28.7. The fourth-order valence-corrected chi connectivity index (χ4v) is 4.96. The number of halogens is 1. The van der Waals surface area contributed by atoms with Crippen molar-refractivity contribution in [3.8, 4) is 5.75 Å². The van der Waals surface area contributed by atoms with Gasteiger partial charge in [-0.05, 0) is 73.2 Å². The molecule has 1 saturated heterocycles. The lowest BCUT2D eigenvalue weighted by molar-refractivity contribution is -0.132. The van der Waals surface area contributed by atoms with E-state index >= 15 is 0 Å². The van der Waals surface area contributed by atoms with Crippen LogP contribution in [-0.4, -0.2) is 23.4 Å². The third-order valence-electron chi connectivity index (χ3n) is 5.60. The molecular formula is C26H24ClNO4S. The van der Waals surface area contributed by atoms with E-state index in [9.17, 15) is 14.7 Å². The van der Waals surface area contributed by atoms with Crippen molar-refractivity contribution in [2.24, 2.45) is 0 Å². The number of hydrogen-bond acceptors (Lipinski definition) is 5. The number of aryl methyl sites for hydroxylation is 2. The summed E-state index contributed by atoms with van der Waals surface area (Å²) in [5.41, 5.74) is 2.69. The van der Waals surface area contributed by atoms with Crippen LogP contribution in [-0.2, 0) is 9.59 Å². The standard InChI is InChI=1S/C26H24ClNO4S/c1-4-11-32-20-10-8-17(13-16(20)3)24(29)22-23(21-6-5-12-33-21)28(26(31)25(22)30)19-14-18(27)9-7-15(19)2/h5-10,12-14,23,29H,4,11H2,1-3H3/b24-22-. The summed E-state index contributed by atoms with van der Waals surface area (Å²) in [6.07, 6.45) is 0.883. The van der Waals surface area contributed by atoms with Crippen LogP contribution in [0.1, 0.15) is 41.0 Å². The van der Waals surface area contributed by atoms with E-state index in [2.05, 4.69) is 0 Å². The molecule has 0 bridgehead atoms. The number of amides is 1. The Morgan fingerprint density at radius 3 is 2.58 bits per heavy atom. The second-order valence-corrected chi connectivity index (χ2v) is 9.36. The Kier molecular flexibility index (Phi) is 6.58. The smallest absolute Gasteiger partial charge is 0.300 e. The number of ketones is 1. The molecule has 2 aromatic carbocycles. The molecule has 5 nitrogen and oxygen atoms in total. The number of hydrogen-bond donors (Lipinski definition) is 1. The zero-order chi connectivity index (χ0) is 23.7. The number of thiophene rings is 1. The number of Topliss-reactive ketones (excluding diaryl/α,β-unsaturated/α-hetero) is 1. The van der Waals surface area contributed by atoms with Crippen LogP contribution in [0.4, 0.5) is 5.69 Å². The lowest BCUT2D eigenvalue weighted by Gasteiger charge is -2.26. The van der Waals surface area contributed by atoms with Gasteiger partial charge in [-0.2, -0.15) is 0 Å². The molecule has 170 valence electrons. The van der Waals surface area contributed by atoms with Crippen molar-refractivity contribution in [1.29, 1.82) is 0 Å². The predicted molar refractivity (Wildman–Crippen MR) is 132 cm³/mol. The zero-order valence-electron chi connectivity index (χ0n) is 18.6. The molecule has 1 aliphatic heterocycles. The quantitative estimate of drug-likeness (QED) is 0.250. The minimum absolute atomic E-state index is 0.0588. The van der Waals surface area contributed by atoms with Gasteiger partial charge in [0.25, 0.3) is 11.7 Å². The second kappa shape index (κ2) is 9.41. The van der Waals surface area contributed by atoms with Gasteiger partial charge < -0.3 is 9.84 Å². The van der Waals surface area contributed by atoms with E-state index < -0.39 is 17.7 Å². The molecule has 1 amide bonds. The second-order valence-electron chi connectivity index (χ2n) is 7.94. The van der Waals surface area contributed by atoms with Crippen LogP contribution in [0.5, 0.6) is 5.75 Å². The minimum Gasteiger partial charge on any atom is -0.507 e. The zero-order valence-corrected chi connectivity index (χ0v) is 20.2. The van der Waals surface area contributed by atoms with Gasteiger partial charge in [-0.15, -0.1) is 11.3 Å². The van der Waals surface area contributed by atoms with Crippen molar-refractivity contribution in [2.45, 2.75) is 33.2 Å². The SMILES string of the molecule is CCCOc1ccc(/C(O)=C2/C(=O)C(=O)N(c3cc(Cl)ccc3C)C2c2cccs2)cc1C. The number of nitrogens with zero attached hydrogens (tertiary/aromatic N) is 1. The highest BCUT2D eigenvalue weighted by Crippen LogP contribution is 2.45. The summed E-state index contributed by atoms with van der Waals surface area (Å²) in [6, 6.07) is 13.4. The average molecular weight is 482 g/mol. The van der Waals surface area contributed by atoms with Crippen LogP contribution in [0.15, 0.2) is 59.5 Å². The molecular weight excluding hydrogens is 458 g/mol. The largest absolute Gasteiger partial charge is 0.507 e. The van der Waals surface area contributed by atoms with Crippen LogP contribution in [0.25, 0.3) is 5.76 Å². The van der Waals surface area contributed by atoms with Gasteiger partial charge in [0.1, 0.15) is 17.6 Å². The molecule has 4 rings (SSSR count). The van der Waals surface area contributed by atoms with Crippen molar-refractivity contribution in [3.63, 3.8) is 0 Å². The first kappa shape index (κ1) is 23.1. The van der Waals surface area contributed by atoms with Gasteiger partial charge >= 0.3 is 0 Å². The number of aliphatic hydroxyl groups excluding tert-OH is 1. The molecule has 7 heteroatoms. The number of carbonyl (C=O) groups is 2. The van der Waals surface area contributed by atoms with Crippen molar-refractivity contribution in [1.82, 2.24) is 0 Å². The summed E-state index contributed by atoms with van der Waals surface area (Å²) in [5, 5.41) is 13.6. The lowest BCUT2D eigenvalue weighted by atomic mass is 9.98. The third kappa shape index (κ3) is 4.28. The van der Waals surface area contributed by atoms with E-state index in [1.807, 2.05) is 38.3 Å². The molecule has 0 aliphatic carbocycles. The maximum Gasteiger partial charge on any atom is 0.300 e. The topological polar surface area (TPSA) is 66.8 Å². The molecule has 2 heterocycles. The van der Waals surface area contributed by atoms with Crippen molar-refractivity contribution < 1.29 is 19.4 Å². The van der Waals surface area contributed by atoms with E-state index in [0.717, 1.165) is 28.2 Å². The van der Waals surface area contributed by atoms with E-state index in [1.165, 1.54) is 16.2 Å². The van der Waals surface area contributed by atoms with Crippen molar-refractivity contribution in [2.75, 3.05) is 11.5 Å². The van der Waals surface area contributed by atoms with E-state index in [-0.39, 0.29) is 11.3 Å².